The van der Waals surface area contributed by atoms with Crippen molar-refractivity contribution in [2.24, 2.45) is 0 Å². The summed E-state index contributed by atoms with van der Waals surface area (Å²) in [6.45, 7) is 1.95. The normalized spacial score (nSPS) is 12.2. The first kappa shape index (κ1) is 19.9. The zero-order valence-corrected chi connectivity index (χ0v) is 15.1. The van der Waals surface area contributed by atoms with Gasteiger partial charge in [-0.2, -0.15) is 0 Å². The summed E-state index contributed by atoms with van der Waals surface area (Å²) in [5.74, 6) is -1.46. The van der Waals surface area contributed by atoms with Crippen LogP contribution in [0, 0.1) is 0 Å². The third-order valence-electron chi connectivity index (χ3n) is 3.13. The van der Waals surface area contributed by atoms with Crippen LogP contribution in [-0.2, 0) is 9.59 Å². The van der Waals surface area contributed by atoms with Crippen LogP contribution in [-0.4, -0.2) is 17.9 Å². The Morgan fingerprint density at radius 3 is 2.05 bits per heavy atom. The van der Waals surface area contributed by atoms with Crippen molar-refractivity contribution in [2.45, 2.75) is 84.1 Å². The van der Waals surface area contributed by atoms with E-state index in [2.05, 4.69) is 5.32 Å². The van der Waals surface area contributed by atoms with Crippen LogP contribution in [0.5, 0.6) is 0 Å². The second-order valence-corrected chi connectivity index (χ2v) is 5.04. The molecule has 0 aliphatic carbocycles. The number of nitrogens with one attached hydrogen (secondary N) is 1. The van der Waals surface area contributed by atoms with Crippen molar-refractivity contribution in [1.82, 2.24) is 5.32 Å². The number of amides is 1. The first-order valence-electron chi connectivity index (χ1n) is 8.08. The number of carboxylic acid groups (broad SMARTS) is 1. The molecular weight excluding hydrogens is 265 g/mol. The number of unbranched alkanes of at least 4 members (excludes halogenated alkanes) is 8. The molecule has 1 amide bonds. The van der Waals surface area contributed by atoms with Gasteiger partial charge >= 0.3 is 29.6 Å². The van der Waals surface area contributed by atoms with Crippen molar-refractivity contribution >= 4 is 11.9 Å². The van der Waals surface area contributed by atoms with E-state index in [1.165, 1.54) is 39.0 Å². The van der Waals surface area contributed by atoms with Gasteiger partial charge in [-0.25, -0.2) is 0 Å². The molecule has 5 heteroatoms. The maximum atomic E-state index is 11.4. The predicted octanol–water partition coefficient (Wildman–Crippen LogP) is -0.834. The molecule has 112 valence electrons. The fourth-order valence-electron chi connectivity index (χ4n) is 1.90. The molecule has 20 heavy (non-hydrogen) atoms. The molecule has 0 spiro atoms. The molecule has 0 aromatic heterocycles. The van der Waals surface area contributed by atoms with E-state index in [1.54, 1.807) is 0 Å². The SMILES string of the molecule is [2H]CCCCCCCCCCCC(=O)N[C@@H](C)C(=O)[O-].[Na+]. The van der Waals surface area contributed by atoms with E-state index >= 15 is 0 Å². The van der Waals surface area contributed by atoms with Crippen molar-refractivity contribution in [3.63, 3.8) is 0 Å². The molecule has 0 fully saturated rings. The van der Waals surface area contributed by atoms with E-state index < -0.39 is 12.0 Å². The van der Waals surface area contributed by atoms with Gasteiger partial charge in [-0.3, -0.25) is 4.79 Å². The van der Waals surface area contributed by atoms with Gasteiger partial charge < -0.3 is 15.2 Å². The molecule has 0 aliphatic heterocycles. The van der Waals surface area contributed by atoms with Crippen LogP contribution in [0.2, 0.25) is 0 Å². The van der Waals surface area contributed by atoms with Crippen LogP contribution in [0.3, 0.4) is 0 Å². The number of hydrogen-bond acceptors (Lipinski definition) is 3. The Labute approximate surface area is 146 Å². The van der Waals surface area contributed by atoms with E-state index in [4.69, 9.17) is 1.37 Å². The Kier molecular flexibility index (Phi) is 15.3. The summed E-state index contributed by atoms with van der Waals surface area (Å²) in [5, 5.41) is 12.8. The van der Waals surface area contributed by atoms with Gasteiger partial charge in [-0.1, -0.05) is 58.3 Å². The van der Waals surface area contributed by atoms with Crippen LogP contribution >= 0.6 is 0 Å². The summed E-state index contributed by atoms with van der Waals surface area (Å²) in [4.78, 5) is 21.8. The molecule has 0 saturated carbocycles. The number of aliphatic carboxylic acids is 1. The van der Waals surface area contributed by atoms with Crippen molar-refractivity contribution in [3.05, 3.63) is 0 Å². The van der Waals surface area contributed by atoms with Gasteiger partial charge in [-0.05, 0) is 13.3 Å². The number of hydrogen-bond donors (Lipinski definition) is 1. The third-order valence-corrected chi connectivity index (χ3v) is 3.13. The zero-order chi connectivity index (χ0) is 15.2. The Hall–Kier alpha value is -0.0600. The fourth-order valence-corrected chi connectivity index (χ4v) is 1.90. The minimum Gasteiger partial charge on any atom is -0.548 e. The Balaban J connectivity index is 0. The largest absolute Gasteiger partial charge is 1.00 e. The van der Waals surface area contributed by atoms with E-state index in [-0.39, 0.29) is 35.5 Å². The van der Waals surface area contributed by atoms with E-state index in [0.29, 0.717) is 13.3 Å². The molecule has 0 aromatic rings. The minimum atomic E-state index is -1.25. The molecule has 0 rings (SSSR count). The fraction of sp³-hybridized carbons (Fsp3) is 0.867. The van der Waals surface area contributed by atoms with Crippen LogP contribution in [0.15, 0.2) is 0 Å². The zero-order valence-electron chi connectivity index (χ0n) is 14.1. The Morgan fingerprint density at radius 1 is 1.05 bits per heavy atom. The molecule has 0 saturated heterocycles. The quantitative estimate of drug-likeness (QED) is 0.377. The van der Waals surface area contributed by atoms with Crippen LogP contribution in [0.25, 0.3) is 0 Å². The monoisotopic (exact) mass is 294 g/mol. The molecule has 0 unspecified atom stereocenters. The predicted molar refractivity (Wildman–Crippen MR) is 74.5 cm³/mol. The van der Waals surface area contributed by atoms with Gasteiger partial charge in [0.25, 0.3) is 0 Å². The number of carbonyl (C=O) groups is 2. The number of carbonyl (C=O) groups excluding carboxylic acids is 2. The summed E-state index contributed by atoms with van der Waals surface area (Å²) in [6, 6.07) is -0.911. The summed E-state index contributed by atoms with van der Waals surface area (Å²) in [7, 11) is 0. The van der Waals surface area contributed by atoms with E-state index in [1.807, 2.05) is 0 Å². The molecular formula is C15H28NNaO3. The molecule has 0 bridgehead atoms. The molecule has 1 atom stereocenters. The van der Waals surface area contributed by atoms with Gasteiger partial charge in [0.1, 0.15) is 0 Å². The van der Waals surface area contributed by atoms with Gasteiger partial charge in [0, 0.05) is 7.79 Å². The van der Waals surface area contributed by atoms with E-state index in [0.717, 1.165) is 25.7 Å². The average molecular weight is 294 g/mol. The van der Waals surface area contributed by atoms with Gasteiger partial charge in [0.15, 0.2) is 0 Å². The molecule has 0 heterocycles. The summed E-state index contributed by atoms with van der Waals surface area (Å²) < 4.78 is 7.03. The maximum absolute atomic E-state index is 11.4. The van der Waals surface area contributed by atoms with Crippen LogP contribution < -0.4 is 40.0 Å². The van der Waals surface area contributed by atoms with Crippen molar-refractivity contribution in [3.8, 4) is 0 Å². The summed E-state index contributed by atoms with van der Waals surface area (Å²) in [5.41, 5.74) is 0. The maximum Gasteiger partial charge on any atom is 1.00 e. The first-order chi connectivity index (χ1) is 9.57. The van der Waals surface area contributed by atoms with E-state index in [9.17, 15) is 14.7 Å². The Bertz CT molecular complexity index is 278. The molecule has 1 N–H and O–H groups in total. The van der Waals surface area contributed by atoms with Crippen molar-refractivity contribution in [2.75, 3.05) is 0 Å². The standard InChI is InChI=1S/C15H29NO3.Na/c1-3-4-5-6-7-8-9-10-11-12-14(17)16-13(2)15(18)19;/h13H,3-12H2,1-2H3,(H,16,17)(H,18,19);/q;+1/p-1/t13-;/m0./s1/i1D;. The van der Waals surface area contributed by atoms with Crippen LogP contribution in [0.1, 0.15) is 79.4 Å². The van der Waals surface area contributed by atoms with Crippen molar-refractivity contribution in [1.29, 1.82) is 0 Å². The smallest absolute Gasteiger partial charge is 0.548 e. The van der Waals surface area contributed by atoms with Crippen molar-refractivity contribution < 1.29 is 45.6 Å². The van der Waals surface area contributed by atoms with Gasteiger partial charge in [0.05, 0.1) is 12.0 Å². The van der Waals surface area contributed by atoms with Crippen LogP contribution in [0.4, 0.5) is 0 Å². The van der Waals surface area contributed by atoms with Gasteiger partial charge in [0.2, 0.25) is 5.91 Å². The van der Waals surface area contributed by atoms with Gasteiger partial charge in [-0.15, -0.1) is 0 Å². The second kappa shape index (κ2) is 15.3. The third kappa shape index (κ3) is 14.4. The molecule has 4 nitrogen and oxygen atoms in total. The summed E-state index contributed by atoms with van der Waals surface area (Å²) in [6.07, 6.45) is 10.4. The average Bonchev–Trinajstić information content (AvgIpc) is 2.40. The topological polar surface area (TPSA) is 69.2 Å². The minimum absolute atomic E-state index is 0. The summed E-state index contributed by atoms with van der Waals surface area (Å²) >= 11 is 0. The number of carboxylic acids is 1. The molecule has 0 aliphatic rings. The molecule has 0 aromatic carbocycles. The number of rotatable bonds is 12. The molecule has 0 radical (unpaired) electrons. The first-order valence-corrected chi connectivity index (χ1v) is 7.37. The Morgan fingerprint density at radius 2 is 1.55 bits per heavy atom. The second-order valence-electron chi connectivity index (χ2n) is 5.04.